The molecular weight excluding hydrogens is 283 g/mol. The van der Waals surface area contributed by atoms with Crippen LogP contribution in [0.15, 0.2) is 0 Å². The van der Waals surface area contributed by atoms with Crippen molar-refractivity contribution in [2.75, 3.05) is 19.6 Å². The molecule has 0 atom stereocenters. The van der Waals surface area contributed by atoms with Crippen LogP contribution in [-0.4, -0.2) is 45.3 Å². The average Bonchev–Trinajstić information content (AvgIpc) is 2.80. The van der Waals surface area contributed by atoms with Gasteiger partial charge in [-0.1, -0.05) is 13.8 Å². The Morgan fingerprint density at radius 1 is 1.19 bits per heavy atom. The van der Waals surface area contributed by atoms with Crippen molar-refractivity contribution < 1.29 is 13.2 Å². The van der Waals surface area contributed by atoms with Gasteiger partial charge in [0.15, 0.2) is 0 Å². The summed E-state index contributed by atoms with van der Waals surface area (Å²) in [7, 11) is 0. The lowest BCUT2D eigenvalue weighted by Crippen LogP contribution is -2.36. The molecule has 1 N–H and O–H groups in total. The number of hydrogen-bond donors (Lipinski definition) is 1. The maximum Gasteiger partial charge on any atom is 0.451 e. The highest BCUT2D eigenvalue weighted by Gasteiger charge is 2.39. The third kappa shape index (κ3) is 4.41. The van der Waals surface area contributed by atoms with Crippen molar-refractivity contribution in [3.05, 3.63) is 11.6 Å². The van der Waals surface area contributed by atoms with E-state index < -0.39 is 12.0 Å². The molecule has 0 aromatic carbocycles. The summed E-state index contributed by atoms with van der Waals surface area (Å²) in [5.41, 5.74) is 0. The lowest BCUT2D eigenvalue weighted by atomic mass is 10.2. The molecule has 1 aromatic heterocycles. The zero-order valence-corrected chi connectivity index (χ0v) is 12.4. The topological polar surface area (TPSA) is 46.0 Å². The summed E-state index contributed by atoms with van der Waals surface area (Å²) < 4.78 is 39.3. The predicted octanol–water partition coefficient (Wildman–Crippen LogP) is 1.89. The molecule has 1 aliphatic rings. The fraction of sp³-hybridized carbons (Fsp3) is 0.846. The quantitative estimate of drug-likeness (QED) is 0.815. The van der Waals surface area contributed by atoms with Crippen LogP contribution in [0.2, 0.25) is 0 Å². The van der Waals surface area contributed by atoms with E-state index in [-0.39, 0.29) is 0 Å². The largest absolute Gasteiger partial charge is 0.451 e. The van der Waals surface area contributed by atoms with Crippen LogP contribution >= 0.6 is 0 Å². The van der Waals surface area contributed by atoms with Crippen LogP contribution in [0.3, 0.4) is 0 Å². The average molecular weight is 305 g/mol. The van der Waals surface area contributed by atoms with Gasteiger partial charge in [-0.15, -0.1) is 10.2 Å². The van der Waals surface area contributed by atoms with Gasteiger partial charge in [-0.2, -0.15) is 13.2 Å². The summed E-state index contributed by atoms with van der Waals surface area (Å²) in [5.74, 6) is -0.466. The van der Waals surface area contributed by atoms with Crippen molar-refractivity contribution in [3.8, 4) is 0 Å². The first kappa shape index (κ1) is 16.2. The van der Waals surface area contributed by atoms with Gasteiger partial charge in [0.1, 0.15) is 5.82 Å². The van der Waals surface area contributed by atoms with Gasteiger partial charge in [0, 0.05) is 19.1 Å². The van der Waals surface area contributed by atoms with Gasteiger partial charge in [0.2, 0.25) is 5.82 Å². The van der Waals surface area contributed by atoms with Gasteiger partial charge < -0.3 is 9.88 Å². The molecule has 2 heterocycles. The van der Waals surface area contributed by atoms with Crippen LogP contribution in [0.1, 0.15) is 38.3 Å². The monoisotopic (exact) mass is 305 g/mol. The van der Waals surface area contributed by atoms with E-state index in [1.807, 2.05) is 0 Å². The van der Waals surface area contributed by atoms with Gasteiger partial charge >= 0.3 is 6.18 Å². The molecule has 120 valence electrons. The standard InChI is InChI=1S/C13H22F3N5/c1-10(2)17-5-3-4-6-20-7-8-21-11(9-20)18-19-12(21)13(14,15)16/h10,17H,3-9H2,1-2H3. The van der Waals surface area contributed by atoms with Gasteiger partial charge in [-0.3, -0.25) is 4.90 Å². The van der Waals surface area contributed by atoms with E-state index in [2.05, 4.69) is 34.3 Å². The second kappa shape index (κ2) is 6.74. The second-order valence-corrected chi connectivity index (χ2v) is 5.68. The maximum absolute atomic E-state index is 12.7. The van der Waals surface area contributed by atoms with Crippen LogP contribution in [0.5, 0.6) is 0 Å². The molecule has 2 rings (SSSR count). The Labute approximate surface area is 122 Å². The van der Waals surface area contributed by atoms with Gasteiger partial charge in [-0.05, 0) is 25.9 Å². The summed E-state index contributed by atoms with van der Waals surface area (Å²) in [6.45, 7) is 7.44. The van der Waals surface area contributed by atoms with Gasteiger partial charge in [-0.25, -0.2) is 0 Å². The Morgan fingerprint density at radius 2 is 1.95 bits per heavy atom. The number of fused-ring (bicyclic) bond motifs is 1. The molecule has 0 aliphatic carbocycles. The van der Waals surface area contributed by atoms with Gasteiger partial charge in [0.25, 0.3) is 0 Å². The fourth-order valence-electron chi connectivity index (χ4n) is 2.46. The van der Waals surface area contributed by atoms with Crippen molar-refractivity contribution in [1.29, 1.82) is 0 Å². The molecule has 0 bridgehead atoms. The summed E-state index contributed by atoms with van der Waals surface area (Å²) in [4.78, 5) is 2.14. The van der Waals surface area contributed by atoms with E-state index >= 15 is 0 Å². The van der Waals surface area contributed by atoms with Crippen LogP contribution < -0.4 is 5.32 Å². The summed E-state index contributed by atoms with van der Waals surface area (Å²) in [6.07, 6.45) is -2.33. The molecule has 0 radical (unpaired) electrons. The lowest BCUT2D eigenvalue weighted by molar-refractivity contribution is -0.148. The number of nitrogens with zero attached hydrogens (tertiary/aromatic N) is 4. The predicted molar refractivity (Wildman–Crippen MR) is 72.7 cm³/mol. The van der Waals surface area contributed by atoms with E-state index in [0.717, 1.165) is 25.9 Å². The molecule has 0 saturated heterocycles. The normalized spacial score (nSPS) is 16.5. The minimum Gasteiger partial charge on any atom is -0.315 e. The third-order valence-electron chi connectivity index (χ3n) is 3.54. The second-order valence-electron chi connectivity index (χ2n) is 5.68. The zero-order chi connectivity index (χ0) is 15.5. The summed E-state index contributed by atoms with van der Waals surface area (Å²) in [6, 6.07) is 0.485. The van der Waals surface area contributed by atoms with E-state index in [1.54, 1.807) is 0 Å². The van der Waals surface area contributed by atoms with Crippen LogP contribution in [0.25, 0.3) is 0 Å². The van der Waals surface area contributed by atoms with E-state index in [4.69, 9.17) is 0 Å². The first-order chi connectivity index (χ1) is 9.88. The number of nitrogens with one attached hydrogen (secondary N) is 1. The number of halogens is 3. The first-order valence-corrected chi connectivity index (χ1v) is 7.33. The van der Waals surface area contributed by atoms with Crippen LogP contribution in [0, 0.1) is 0 Å². The molecule has 8 heteroatoms. The Hall–Kier alpha value is -1.15. The van der Waals surface area contributed by atoms with Gasteiger partial charge in [0.05, 0.1) is 6.54 Å². The SMILES string of the molecule is CC(C)NCCCCN1CCn2c(nnc2C(F)(F)F)C1. The zero-order valence-electron chi connectivity index (χ0n) is 12.4. The minimum absolute atomic E-state index is 0.307. The first-order valence-electron chi connectivity index (χ1n) is 7.33. The molecule has 0 fully saturated rings. The molecule has 1 aliphatic heterocycles. The highest BCUT2D eigenvalue weighted by molar-refractivity contribution is 5.02. The third-order valence-corrected chi connectivity index (χ3v) is 3.54. The Morgan fingerprint density at radius 3 is 2.62 bits per heavy atom. The Bertz CT molecular complexity index is 455. The molecule has 21 heavy (non-hydrogen) atoms. The molecule has 1 aromatic rings. The fourth-order valence-corrected chi connectivity index (χ4v) is 2.46. The van der Waals surface area contributed by atoms with Crippen molar-refractivity contribution >= 4 is 0 Å². The lowest BCUT2D eigenvalue weighted by Gasteiger charge is -2.27. The van der Waals surface area contributed by atoms with E-state index in [0.29, 0.717) is 31.5 Å². The van der Waals surface area contributed by atoms with E-state index in [1.165, 1.54) is 4.57 Å². The van der Waals surface area contributed by atoms with Crippen LogP contribution in [0.4, 0.5) is 13.2 Å². The molecule has 5 nitrogen and oxygen atoms in total. The minimum atomic E-state index is -4.42. The maximum atomic E-state index is 12.7. The van der Waals surface area contributed by atoms with Crippen molar-refractivity contribution in [3.63, 3.8) is 0 Å². The van der Waals surface area contributed by atoms with E-state index in [9.17, 15) is 13.2 Å². The summed E-state index contributed by atoms with van der Waals surface area (Å²) in [5, 5.41) is 10.3. The summed E-state index contributed by atoms with van der Waals surface area (Å²) >= 11 is 0. The Balaban J connectivity index is 1.80. The molecule has 0 spiro atoms. The van der Waals surface area contributed by atoms with Crippen LogP contribution in [-0.2, 0) is 19.3 Å². The highest BCUT2D eigenvalue weighted by Crippen LogP contribution is 2.29. The number of alkyl halides is 3. The number of aromatic nitrogens is 3. The van der Waals surface area contributed by atoms with Crippen molar-refractivity contribution in [2.24, 2.45) is 0 Å². The smallest absolute Gasteiger partial charge is 0.315 e. The number of rotatable bonds is 6. The molecular formula is C13H22F3N5. The number of unbranched alkanes of at least 4 members (excludes halogenated alkanes) is 1. The Kier molecular flexibility index (Phi) is 5.21. The highest BCUT2D eigenvalue weighted by atomic mass is 19.4. The molecule has 0 saturated carbocycles. The van der Waals surface area contributed by atoms with Crippen molar-refractivity contribution in [1.82, 2.24) is 25.0 Å². The van der Waals surface area contributed by atoms with Crippen molar-refractivity contribution in [2.45, 2.75) is 52.0 Å². The molecule has 0 unspecified atom stereocenters. The number of hydrogen-bond acceptors (Lipinski definition) is 4. The molecule has 0 amide bonds.